The van der Waals surface area contributed by atoms with Gasteiger partial charge in [-0.05, 0) is 55.8 Å². The molecule has 6 nitrogen and oxygen atoms in total. The van der Waals surface area contributed by atoms with E-state index in [9.17, 15) is 9.90 Å². The third kappa shape index (κ3) is 4.27. The maximum absolute atomic E-state index is 13.2. The molecule has 0 bridgehead atoms. The van der Waals surface area contributed by atoms with E-state index in [0.717, 1.165) is 49.5 Å². The topological polar surface area (TPSA) is 78.4 Å². The number of ketones is 1. The fraction of sp³-hybridized carbons (Fsp3) is 0.261. The van der Waals surface area contributed by atoms with E-state index < -0.39 is 0 Å². The molecule has 0 aliphatic carbocycles. The smallest absolute Gasteiger partial charge is 0.213 e. The quantitative estimate of drug-likeness (QED) is 0.669. The van der Waals surface area contributed by atoms with E-state index in [0.29, 0.717) is 17.0 Å². The van der Waals surface area contributed by atoms with Crippen LogP contribution in [0.3, 0.4) is 0 Å². The highest BCUT2D eigenvalue weighted by molar-refractivity contribution is 6.09. The molecule has 0 atom stereocenters. The van der Waals surface area contributed by atoms with E-state index in [-0.39, 0.29) is 11.5 Å². The predicted molar refractivity (Wildman–Crippen MR) is 113 cm³/mol. The van der Waals surface area contributed by atoms with E-state index in [1.807, 2.05) is 37.3 Å². The highest BCUT2D eigenvalue weighted by Crippen LogP contribution is 2.24. The van der Waals surface area contributed by atoms with Gasteiger partial charge < -0.3 is 15.3 Å². The molecule has 29 heavy (non-hydrogen) atoms. The number of carbonyl (C=O) groups excluding carboxylic acids is 1. The summed E-state index contributed by atoms with van der Waals surface area (Å²) >= 11 is 0. The number of aryl methyl sites for hydroxylation is 1. The zero-order valence-corrected chi connectivity index (χ0v) is 16.4. The molecular weight excluding hydrogens is 364 g/mol. The van der Waals surface area contributed by atoms with Crippen molar-refractivity contribution >= 4 is 11.6 Å². The lowest BCUT2D eigenvalue weighted by Gasteiger charge is -2.21. The van der Waals surface area contributed by atoms with Crippen molar-refractivity contribution in [3.63, 3.8) is 0 Å². The summed E-state index contributed by atoms with van der Waals surface area (Å²) in [7, 11) is 0. The maximum Gasteiger partial charge on any atom is 0.213 e. The molecule has 4 rings (SSSR count). The van der Waals surface area contributed by atoms with Crippen LogP contribution in [0.4, 0.5) is 5.82 Å². The lowest BCUT2D eigenvalue weighted by molar-refractivity contribution is 0.103. The molecule has 0 spiro atoms. The van der Waals surface area contributed by atoms with Crippen LogP contribution in [0.1, 0.15) is 28.2 Å². The van der Waals surface area contributed by atoms with Gasteiger partial charge in [0.1, 0.15) is 17.3 Å². The predicted octanol–water partition coefficient (Wildman–Crippen LogP) is 3.19. The number of rotatable bonds is 4. The Morgan fingerprint density at radius 3 is 2.72 bits per heavy atom. The average Bonchev–Trinajstić information content (AvgIpc) is 3.04. The summed E-state index contributed by atoms with van der Waals surface area (Å²) in [6.07, 6.45) is 2.80. The number of phenolic OH excluding ortho intramolecular Hbond substituents is 1. The number of anilines is 1. The minimum atomic E-state index is -0.134. The molecule has 0 radical (unpaired) electrons. The molecule has 2 N–H and O–H groups in total. The van der Waals surface area contributed by atoms with Gasteiger partial charge in [0.15, 0.2) is 0 Å². The molecule has 1 aliphatic rings. The second-order valence-electron chi connectivity index (χ2n) is 7.20. The number of phenols is 1. The standard InChI is InChI=1S/C23H24N4O2/c1-16-20(14-18(15-25-16)17-6-8-19(28)9-7-17)23(29)21-4-2-5-22(26-21)27-12-3-10-24-11-13-27/h2,4-9,14-15,24,28H,3,10-13H2,1H3. The first-order chi connectivity index (χ1) is 14.1. The molecule has 1 aliphatic heterocycles. The molecule has 1 fully saturated rings. The van der Waals surface area contributed by atoms with Crippen LogP contribution in [0.25, 0.3) is 11.1 Å². The van der Waals surface area contributed by atoms with Crippen LogP contribution in [0.2, 0.25) is 0 Å². The van der Waals surface area contributed by atoms with Crippen LogP contribution in [0.5, 0.6) is 5.75 Å². The molecule has 0 amide bonds. The monoisotopic (exact) mass is 388 g/mol. The summed E-state index contributed by atoms with van der Waals surface area (Å²) in [5.74, 6) is 0.903. The van der Waals surface area contributed by atoms with E-state index in [1.54, 1.807) is 24.4 Å². The van der Waals surface area contributed by atoms with E-state index in [4.69, 9.17) is 0 Å². The first-order valence-corrected chi connectivity index (χ1v) is 9.85. The van der Waals surface area contributed by atoms with Gasteiger partial charge in [-0.15, -0.1) is 0 Å². The van der Waals surface area contributed by atoms with Crippen LogP contribution in [0.15, 0.2) is 54.7 Å². The van der Waals surface area contributed by atoms with E-state index >= 15 is 0 Å². The normalized spacial score (nSPS) is 14.4. The van der Waals surface area contributed by atoms with Crippen molar-refractivity contribution in [2.45, 2.75) is 13.3 Å². The van der Waals surface area contributed by atoms with E-state index in [1.165, 1.54) is 0 Å². The second-order valence-corrected chi connectivity index (χ2v) is 7.20. The fourth-order valence-corrected chi connectivity index (χ4v) is 3.51. The van der Waals surface area contributed by atoms with Crippen LogP contribution in [-0.4, -0.2) is 47.0 Å². The molecule has 3 aromatic rings. The van der Waals surface area contributed by atoms with Crippen LogP contribution >= 0.6 is 0 Å². The Kier molecular flexibility index (Phi) is 5.53. The Morgan fingerprint density at radius 1 is 1.07 bits per heavy atom. The minimum absolute atomic E-state index is 0.134. The number of pyridine rings is 2. The van der Waals surface area contributed by atoms with Crippen molar-refractivity contribution < 1.29 is 9.90 Å². The van der Waals surface area contributed by atoms with Crippen molar-refractivity contribution in [3.05, 3.63) is 71.7 Å². The number of nitrogens with zero attached hydrogens (tertiary/aromatic N) is 3. The van der Waals surface area contributed by atoms with Gasteiger partial charge in [0, 0.05) is 42.7 Å². The van der Waals surface area contributed by atoms with Crippen molar-refractivity contribution in [3.8, 4) is 16.9 Å². The lowest BCUT2D eigenvalue weighted by Crippen LogP contribution is -2.29. The molecule has 0 saturated carbocycles. The molecular formula is C23H24N4O2. The largest absolute Gasteiger partial charge is 0.508 e. The molecule has 2 aromatic heterocycles. The lowest BCUT2D eigenvalue weighted by atomic mass is 10.0. The Bertz CT molecular complexity index is 1010. The molecule has 148 valence electrons. The number of aromatic hydroxyl groups is 1. The number of nitrogens with one attached hydrogen (secondary N) is 1. The molecule has 6 heteroatoms. The van der Waals surface area contributed by atoms with Crippen LogP contribution in [0, 0.1) is 6.92 Å². The highest BCUT2D eigenvalue weighted by Gasteiger charge is 2.18. The molecule has 3 heterocycles. The van der Waals surface area contributed by atoms with Gasteiger partial charge in [0.05, 0.1) is 0 Å². The van der Waals surface area contributed by atoms with Gasteiger partial charge in [-0.3, -0.25) is 9.78 Å². The summed E-state index contributed by atoms with van der Waals surface area (Å²) < 4.78 is 0. The third-order valence-corrected chi connectivity index (χ3v) is 5.16. The fourth-order valence-electron chi connectivity index (χ4n) is 3.51. The number of benzene rings is 1. The summed E-state index contributed by atoms with van der Waals surface area (Å²) in [6, 6.07) is 14.3. The Hall–Kier alpha value is -3.25. The molecule has 0 unspecified atom stereocenters. The SMILES string of the molecule is Cc1ncc(-c2ccc(O)cc2)cc1C(=O)c1cccc(N2CCCNCC2)n1. The first-order valence-electron chi connectivity index (χ1n) is 9.85. The Morgan fingerprint density at radius 2 is 1.90 bits per heavy atom. The Labute approximate surface area is 170 Å². The average molecular weight is 388 g/mol. The second kappa shape index (κ2) is 8.41. The van der Waals surface area contributed by atoms with Crippen LogP contribution < -0.4 is 10.2 Å². The third-order valence-electron chi connectivity index (χ3n) is 5.16. The zero-order valence-electron chi connectivity index (χ0n) is 16.4. The summed E-state index contributed by atoms with van der Waals surface area (Å²) in [5.41, 5.74) is 3.35. The number of hydrogen-bond acceptors (Lipinski definition) is 6. The molecule has 1 saturated heterocycles. The van der Waals surface area contributed by atoms with Gasteiger partial charge >= 0.3 is 0 Å². The summed E-state index contributed by atoms with van der Waals surface area (Å²) in [5, 5.41) is 12.9. The first kappa shape index (κ1) is 19.1. The number of carbonyl (C=O) groups is 1. The van der Waals surface area contributed by atoms with Crippen molar-refractivity contribution in [1.82, 2.24) is 15.3 Å². The highest BCUT2D eigenvalue weighted by atomic mass is 16.3. The molecule has 1 aromatic carbocycles. The summed E-state index contributed by atoms with van der Waals surface area (Å²) in [4.78, 5) is 24.5. The van der Waals surface area contributed by atoms with Crippen molar-refractivity contribution in [1.29, 1.82) is 0 Å². The maximum atomic E-state index is 13.2. The van der Waals surface area contributed by atoms with Gasteiger partial charge in [0.2, 0.25) is 5.78 Å². The Balaban J connectivity index is 1.65. The van der Waals surface area contributed by atoms with Gasteiger partial charge in [-0.2, -0.15) is 0 Å². The van der Waals surface area contributed by atoms with Gasteiger partial charge in [-0.25, -0.2) is 4.98 Å². The minimum Gasteiger partial charge on any atom is -0.508 e. The van der Waals surface area contributed by atoms with Crippen molar-refractivity contribution in [2.24, 2.45) is 0 Å². The number of aromatic nitrogens is 2. The van der Waals surface area contributed by atoms with E-state index in [2.05, 4.69) is 20.2 Å². The van der Waals surface area contributed by atoms with Gasteiger partial charge in [-0.1, -0.05) is 18.2 Å². The van der Waals surface area contributed by atoms with Gasteiger partial charge in [0.25, 0.3) is 0 Å². The summed E-state index contributed by atoms with van der Waals surface area (Å²) in [6.45, 7) is 5.55. The zero-order chi connectivity index (χ0) is 20.2. The number of hydrogen-bond donors (Lipinski definition) is 2. The van der Waals surface area contributed by atoms with Crippen molar-refractivity contribution in [2.75, 3.05) is 31.1 Å². The van der Waals surface area contributed by atoms with Crippen LogP contribution in [-0.2, 0) is 0 Å².